The van der Waals surface area contributed by atoms with Gasteiger partial charge in [0.05, 0.1) is 6.61 Å². The monoisotopic (exact) mass is 205 g/mol. The highest BCUT2D eigenvalue weighted by atomic mass is 35.5. The Hall–Kier alpha value is 0.210. The zero-order chi connectivity index (χ0) is 8.23. The predicted molar refractivity (Wildman–Crippen MR) is 56.4 cm³/mol. The molecule has 1 heterocycles. The molecule has 0 bridgehead atoms. The topological polar surface area (TPSA) is 21.3 Å². The minimum atomic E-state index is 0. The van der Waals surface area contributed by atoms with Crippen LogP contribution in [0.4, 0.5) is 0 Å². The maximum absolute atomic E-state index is 5.68. The molecule has 0 aromatic heterocycles. The van der Waals surface area contributed by atoms with E-state index in [1.54, 1.807) is 0 Å². The molecule has 2 aliphatic rings. The van der Waals surface area contributed by atoms with Gasteiger partial charge in [0.25, 0.3) is 0 Å². The fraction of sp³-hybridized carbons (Fsp3) is 1.00. The van der Waals surface area contributed by atoms with Crippen LogP contribution in [0.15, 0.2) is 0 Å². The second kappa shape index (κ2) is 5.84. The van der Waals surface area contributed by atoms with Gasteiger partial charge in [0.15, 0.2) is 0 Å². The molecule has 0 radical (unpaired) electrons. The van der Waals surface area contributed by atoms with Crippen LogP contribution in [0, 0.1) is 11.8 Å². The van der Waals surface area contributed by atoms with E-state index in [0.29, 0.717) is 0 Å². The van der Waals surface area contributed by atoms with Crippen molar-refractivity contribution in [1.82, 2.24) is 5.32 Å². The number of halogens is 1. The molecule has 3 heteroatoms. The first-order valence-electron chi connectivity index (χ1n) is 5.23. The van der Waals surface area contributed by atoms with Crippen molar-refractivity contribution < 1.29 is 4.74 Å². The molecule has 1 unspecified atom stereocenters. The van der Waals surface area contributed by atoms with Gasteiger partial charge in [-0.3, -0.25) is 0 Å². The van der Waals surface area contributed by atoms with Crippen LogP contribution in [0.5, 0.6) is 0 Å². The zero-order valence-electron chi connectivity index (χ0n) is 8.13. The first kappa shape index (κ1) is 11.3. The van der Waals surface area contributed by atoms with Gasteiger partial charge in [-0.15, -0.1) is 12.4 Å². The summed E-state index contributed by atoms with van der Waals surface area (Å²) < 4.78 is 5.68. The maximum Gasteiger partial charge on any atom is 0.0507 e. The summed E-state index contributed by atoms with van der Waals surface area (Å²) in [7, 11) is 0. The fourth-order valence-electron chi connectivity index (χ4n) is 1.92. The number of hydrogen-bond acceptors (Lipinski definition) is 2. The van der Waals surface area contributed by atoms with E-state index < -0.39 is 0 Å². The van der Waals surface area contributed by atoms with E-state index in [1.807, 2.05) is 0 Å². The Morgan fingerprint density at radius 3 is 2.38 bits per heavy atom. The van der Waals surface area contributed by atoms with Gasteiger partial charge in [-0.2, -0.15) is 0 Å². The van der Waals surface area contributed by atoms with Gasteiger partial charge < -0.3 is 10.1 Å². The summed E-state index contributed by atoms with van der Waals surface area (Å²) in [4.78, 5) is 0. The van der Waals surface area contributed by atoms with Crippen molar-refractivity contribution in [3.63, 3.8) is 0 Å². The van der Waals surface area contributed by atoms with Crippen molar-refractivity contribution in [2.75, 3.05) is 26.3 Å². The van der Waals surface area contributed by atoms with Gasteiger partial charge in [0.2, 0.25) is 0 Å². The SMILES string of the molecule is C1CC(COCC2CCNC2)C1.Cl. The average molecular weight is 206 g/mol. The molecular weight excluding hydrogens is 186 g/mol. The summed E-state index contributed by atoms with van der Waals surface area (Å²) in [5, 5.41) is 3.36. The fourth-order valence-corrected chi connectivity index (χ4v) is 1.92. The van der Waals surface area contributed by atoms with E-state index >= 15 is 0 Å². The van der Waals surface area contributed by atoms with Crippen molar-refractivity contribution in [2.24, 2.45) is 11.8 Å². The maximum atomic E-state index is 5.68. The number of ether oxygens (including phenoxy) is 1. The van der Waals surface area contributed by atoms with Crippen LogP contribution >= 0.6 is 12.4 Å². The van der Waals surface area contributed by atoms with E-state index in [0.717, 1.165) is 25.0 Å². The molecule has 1 aliphatic carbocycles. The summed E-state index contributed by atoms with van der Waals surface area (Å²) in [6.45, 7) is 4.38. The molecule has 0 amide bonds. The third kappa shape index (κ3) is 3.45. The van der Waals surface area contributed by atoms with Crippen LogP contribution < -0.4 is 5.32 Å². The lowest BCUT2D eigenvalue weighted by molar-refractivity contribution is 0.0516. The van der Waals surface area contributed by atoms with Crippen molar-refractivity contribution >= 4 is 12.4 Å². The van der Waals surface area contributed by atoms with Gasteiger partial charge in [-0.1, -0.05) is 6.42 Å². The van der Waals surface area contributed by atoms with Gasteiger partial charge in [0.1, 0.15) is 0 Å². The summed E-state index contributed by atoms with van der Waals surface area (Å²) in [5.41, 5.74) is 0. The van der Waals surface area contributed by atoms with Crippen LogP contribution in [0.3, 0.4) is 0 Å². The largest absolute Gasteiger partial charge is 0.381 e. The Morgan fingerprint density at radius 2 is 1.85 bits per heavy atom. The molecule has 1 atom stereocenters. The third-order valence-corrected chi connectivity index (χ3v) is 3.09. The molecule has 1 saturated heterocycles. The first-order valence-corrected chi connectivity index (χ1v) is 5.23. The second-order valence-corrected chi connectivity index (χ2v) is 4.19. The minimum Gasteiger partial charge on any atom is -0.381 e. The Morgan fingerprint density at radius 1 is 1.08 bits per heavy atom. The molecule has 2 nitrogen and oxygen atoms in total. The lowest BCUT2D eigenvalue weighted by atomic mass is 9.86. The zero-order valence-corrected chi connectivity index (χ0v) is 8.94. The van der Waals surface area contributed by atoms with E-state index in [4.69, 9.17) is 4.74 Å². The Balaban J connectivity index is 0.000000845. The van der Waals surface area contributed by atoms with Crippen molar-refractivity contribution in [3.05, 3.63) is 0 Å². The number of rotatable bonds is 4. The Labute approximate surface area is 86.8 Å². The summed E-state index contributed by atoms with van der Waals surface area (Å²) in [5.74, 6) is 1.70. The second-order valence-electron chi connectivity index (χ2n) is 4.19. The van der Waals surface area contributed by atoms with Crippen LogP contribution in [-0.4, -0.2) is 26.3 Å². The van der Waals surface area contributed by atoms with E-state index in [2.05, 4.69) is 5.32 Å². The van der Waals surface area contributed by atoms with E-state index in [1.165, 1.54) is 38.8 Å². The minimum absolute atomic E-state index is 0. The van der Waals surface area contributed by atoms with Gasteiger partial charge in [-0.25, -0.2) is 0 Å². The molecule has 0 aromatic rings. The third-order valence-electron chi connectivity index (χ3n) is 3.09. The molecule has 78 valence electrons. The molecule has 0 spiro atoms. The molecule has 1 saturated carbocycles. The highest BCUT2D eigenvalue weighted by molar-refractivity contribution is 5.85. The molecule has 1 N–H and O–H groups in total. The van der Waals surface area contributed by atoms with Gasteiger partial charge in [-0.05, 0) is 37.6 Å². The summed E-state index contributed by atoms with van der Waals surface area (Å²) in [6.07, 6.45) is 5.55. The standard InChI is InChI=1S/C10H19NO.ClH/c1-2-9(3-1)7-12-8-10-4-5-11-6-10;/h9-11H,1-8H2;1H. The molecule has 0 aromatic carbocycles. The van der Waals surface area contributed by atoms with E-state index in [9.17, 15) is 0 Å². The number of hydrogen-bond donors (Lipinski definition) is 1. The van der Waals surface area contributed by atoms with Crippen molar-refractivity contribution in [1.29, 1.82) is 0 Å². The lowest BCUT2D eigenvalue weighted by Crippen LogP contribution is -2.21. The molecule has 1 aliphatic heterocycles. The Bertz CT molecular complexity index is 133. The quantitative estimate of drug-likeness (QED) is 0.757. The Kier molecular flexibility index (Phi) is 5.07. The smallest absolute Gasteiger partial charge is 0.0507 e. The van der Waals surface area contributed by atoms with Crippen LogP contribution in [0.1, 0.15) is 25.7 Å². The first-order chi connectivity index (χ1) is 5.95. The molecule has 13 heavy (non-hydrogen) atoms. The van der Waals surface area contributed by atoms with Gasteiger partial charge in [0, 0.05) is 13.2 Å². The molecule has 2 rings (SSSR count). The van der Waals surface area contributed by atoms with Gasteiger partial charge >= 0.3 is 0 Å². The summed E-state index contributed by atoms with van der Waals surface area (Å²) in [6, 6.07) is 0. The van der Waals surface area contributed by atoms with E-state index in [-0.39, 0.29) is 12.4 Å². The van der Waals surface area contributed by atoms with Crippen molar-refractivity contribution in [2.45, 2.75) is 25.7 Å². The van der Waals surface area contributed by atoms with Crippen LogP contribution in [0.25, 0.3) is 0 Å². The van der Waals surface area contributed by atoms with Crippen LogP contribution in [0.2, 0.25) is 0 Å². The van der Waals surface area contributed by atoms with Crippen molar-refractivity contribution in [3.8, 4) is 0 Å². The normalized spacial score (nSPS) is 28.2. The highest BCUT2D eigenvalue weighted by Crippen LogP contribution is 2.26. The lowest BCUT2D eigenvalue weighted by Gasteiger charge is -2.25. The molecule has 2 fully saturated rings. The van der Waals surface area contributed by atoms with Crippen LogP contribution in [-0.2, 0) is 4.74 Å². The predicted octanol–water partition coefficient (Wildman–Crippen LogP) is 1.83. The highest BCUT2D eigenvalue weighted by Gasteiger charge is 2.19. The molecular formula is C10H20ClNO. The summed E-state index contributed by atoms with van der Waals surface area (Å²) >= 11 is 0. The number of nitrogens with one attached hydrogen (secondary N) is 1. The average Bonchev–Trinajstić information content (AvgIpc) is 2.46.